The first-order chi connectivity index (χ1) is 17.4. The number of rotatable bonds is 8. The molecule has 0 atom stereocenters. The molecule has 192 valence electrons. The maximum atomic E-state index is 11.7. The highest BCUT2D eigenvalue weighted by Crippen LogP contribution is 2.29. The summed E-state index contributed by atoms with van der Waals surface area (Å²) in [6.45, 7) is 7.95. The van der Waals surface area contributed by atoms with Crippen LogP contribution in [-0.4, -0.2) is 43.5 Å². The van der Waals surface area contributed by atoms with Gasteiger partial charge in [0.1, 0.15) is 17.5 Å². The first kappa shape index (κ1) is 27.4. The van der Waals surface area contributed by atoms with Crippen molar-refractivity contribution in [1.29, 1.82) is 5.26 Å². The second kappa shape index (κ2) is 11.7. The molecule has 11 heteroatoms. The summed E-state index contributed by atoms with van der Waals surface area (Å²) in [6.07, 6.45) is -0.990. The second-order valence-electron chi connectivity index (χ2n) is 9.59. The molecule has 0 spiro atoms. The van der Waals surface area contributed by atoms with Crippen LogP contribution in [0.2, 0.25) is 0 Å². The van der Waals surface area contributed by atoms with Gasteiger partial charge in [-0.1, -0.05) is 50.7 Å². The highest BCUT2D eigenvalue weighted by atomic mass is 32.2. The van der Waals surface area contributed by atoms with Gasteiger partial charge in [0.2, 0.25) is 5.91 Å². The average molecular weight is 520 g/mol. The Hall–Kier alpha value is -4.17. The summed E-state index contributed by atoms with van der Waals surface area (Å²) in [5.74, 6) is 0.312. The van der Waals surface area contributed by atoms with Crippen LogP contribution >= 0.6 is 11.8 Å². The molecule has 3 aromatic rings. The first-order valence-corrected chi connectivity index (χ1v) is 12.4. The molecule has 2 amide bonds. The zero-order valence-corrected chi connectivity index (χ0v) is 22.0. The quantitative estimate of drug-likeness (QED) is 0.281. The van der Waals surface area contributed by atoms with Gasteiger partial charge in [0.25, 0.3) is 0 Å². The number of amides is 2. The molecule has 0 aliphatic heterocycles. The molecule has 3 rings (SSSR count). The third kappa shape index (κ3) is 7.91. The molecular formula is C26H29N7O3S. The number of thioether (sulfide) groups is 1. The lowest BCUT2D eigenvalue weighted by Crippen LogP contribution is -2.36. The molecule has 2 aromatic heterocycles. The molecule has 0 radical (unpaired) electrons. The van der Waals surface area contributed by atoms with Crippen molar-refractivity contribution in [1.82, 2.24) is 19.9 Å². The number of hydrogen-bond donors (Lipinski definition) is 3. The van der Waals surface area contributed by atoms with Crippen LogP contribution in [-0.2, 0) is 17.1 Å². The molecule has 1 aromatic carbocycles. The summed E-state index contributed by atoms with van der Waals surface area (Å²) in [5.41, 5.74) is 9.12. The summed E-state index contributed by atoms with van der Waals surface area (Å²) < 4.78 is 0. The lowest BCUT2D eigenvalue weighted by Gasteiger charge is -2.27. The monoisotopic (exact) mass is 519 g/mol. The molecule has 4 N–H and O–H groups in total. The van der Waals surface area contributed by atoms with Crippen LogP contribution in [0.1, 0.15) is 44.6 Å². The minimum Gasteiger partial charge on any atom is -0.465 e. The minimum absolute atomic E-state index is 0.0712. The Morgan fingerprint density at radius 1 is 1.11 bits per heavy atom. The van der Waals surface area contributed by atoms with Crippen molar-refractivity contribution in [3.8, 4) is 17.3 Å². The molecule has 2 heterocycles. The molecule has 0 bridgehead atoms. The zero-order valence-electron chi connectivity index (χ0n) is 21.1. The molecule has 0 fully saturated rings. The lowest BCUT2D eigenvalue weighted by molar-refractivity contribution is -0.114. The fourth-order valence-corrected chi connectivity index (χ4v) is 4.31. The van der Waals surface area contributed by atoms with Gasteiger partial charge in [-0.2, -0.15) is 5.26 Å². The van der Waals surface area contributed by atoms with E-state index in [0.717, 1.165) is 5.69 Å². The Morgan fingerprint density at radius 3 is 2.38 bits per heavy atom. The number of benzene rings is 1. The Morgan fingerprint density at radius 2 is 1.78 bits per heavy atom. The maximum Gasteiger partial charge on any atom is 0.407 e. The van der Waals surface area contributed by atoms with Crippen molar-refractivity contribution >= 4 is 35.3 Å². The van der Waals surface area contributed by atoms with Crippen LogP contribution in [0, 0.1) is 16.7 Å². The first-order valence-electron chi connectivity index (χ1n) is 11.5. The van der Waals surface area contributed by atoms with E-state index in [0.29, 0.717) is 40.1 Å². The van der Waals surface area contributed by atoms with Gasteiger partial charge in [-0.3, -0.25) is 9.78 Å². The van der Waals surface area contributed by atoms with Crippen molar-refractivity contribution in [2.45, 2.75) is 45.1 Å². The van der Waals surface area contributed by atoms with Crippen molar-refractivity contribution < 1.29 is 14.7 Å². The molecule has 0 aliphatic carbocycles. The molecule has 0 aliphatic rings. The number of anilines is 2. The summed E-state index contributed by atoms with van der Waals surface area (Å²) in [6, 6.07) is 14.5. The van der Waals surface area contributed by atoms with Gasteiger partial charge < -0.3 is 21.1 Å². The molecule has 0 saturated carbocycles. The number of nitriles is 1. The normalized spacial score (nSPS) is 11.0. The third-order valence-corrected chi connectivity index (χ3v) is 5.89. The summed E-state index contributed by atoms with van der Waals surface area (Å²) in [7, 11) is 0. The van der Waals surface area contributed by atoms with E-state index in [1.165, 1.54) is 23.6 Å². The van der Waals surface area contributed by atoms with Gasteiger partial charge >= 0.3 is 6.09 Å². The van der Waals surface area contributed by atoms with Crippen LogP contribution in [0.3, 0.4) is 0 Å². The highest BCUT2D eigenvalue weighted by Gasteiger charge is 2.21. The number of hydrogen-bond acceptors (Lipinski definition) is 8. The topological polar surface area (TPSA) is 158 Å². The molecule has 37 heavy (non-hydrogen) atoms. The van der Waals surface area contributed by atoms with Gasteiger partial charge in [0.15, 0.2) is 5.16 Å². The number of nitrogens with two attached hydrogens (primary N) is 1. The lowest BCUT2D eigenvalue weighted by atomic mass is 9.96. The number of aromatic nitrogens is 3. The van der Waals surface area contributed by atoms with Gasteiger partial charge in [-0.25, -0.2) is 14.8 Å². The number of nitrogens with zero attached hydrogens (tertiary/aromatic N) is 5. The molecule has 0 saturated heterocycles. The van der Waals surface area contributed by atoms with Crippen LogP contribution in [0.5, 0.6) is 0 Å². The van der Waals surface area contributed by atoms with Gasteiger partial charge in [-0.05, 0) is 29.7 Å². The van der Waals surface area contributed by atoms with E-state index in [1.807, 2.05) is 32.9 Å². The summed E-state index contributed by atoms with van der Waals surface area (Å²) >= 11 is 1.31. The number of carboxylic acid groups (broad SMARTS) is 1. The average Bonchev–Trinajstić information content (AvgIpc) is 2.81. The minimum atomic E-state index is -0.990. The largest absolute Gasteiger partial charge is 0.465 e. The SMILES string of the molecule is CC(=O)Nc1ccc(-c2nc(SCc3cccc(CN(CC(C)(C)C)C(=O)O)n3)nc(N)c2C#N)cc1. The molecule has 10 nitrogen and oxygen atoms in total. The van der Waals surface area contributed by atoms with E-state index >= 15 is 0 Å². The zero-order chi connectivity index (χ0) is 27.2. The van der Waals surface area contributed by atoms with Crippen molar-refractivity contribution in [2.24, 2.45) is 5.41 Å². The van der Waals surface area contributed by atoms with E-state index < -0.39 is 6.09 Å². The molecular weight excluding hydrogens is 490 g/mol. The Bertz CT molecular complexity index is 1330. The van der Waals surface area contributed by atoms with Crippen LogP contribution in [0.25, 0.3) is 11.3 Å². The van der Waals surface area contributed by atoms with E-state index in [1.54, 1.807) is 30.3 Å². The predicted molar refractivity (Wildman–Crippen MR) is 143 cm³/mol. The molecule has 0 unspecified atom stereocenters. The Kier molecular flexibility index (Phi) is 8.68. The van der Waals surface area contributed by atoms with Gasteiger partial charge in [0.05, 0.1) is 23.6 Å². The van der Waals surface area contributed by atoms with Crippen LogP contribution in [0.15, 0.2) is 47.6 Å². The van der Waals surface area contributed by atoms with E-state index in [4.69, 9.17) is 5.73 Å². The van der Waals surface area contributed by atoms with Crippen molar-refractivity contribution in [3.05, 3.63) is 59.4 Å². The summed E-state index contributed by atoms with van der Waals surface area (Å²) in [4.78, 5) is 37.8. The fraction of sp³-hybridized carbons (Fsp3) is 0.308. The Balaban J connectivity index is 1.79. The van der Waals surface area contributed by atoms with E-state index in [2.05, 4.69) is 26.3 Å². The number of pyridine rings is 1. The highest BCUT2D eigenvalue weighted by molar-refractivity contribution is 7.98. The number of nitrogens with one attached hydrogen (secondary N) is 1. The van der Waals surface area contributed by atoms with Crippen molar-refractivity contribution in [3.63, 3.8) is 0 Å². The van der Waals surface area contributed by atoms with Crippen LogP contribution < -0.4 is 11.1 Å². The number of nitrogen functional groups attached to an aromatic ring is 1. The van der Waals surface area contributed by atoms with Crippen LogP contribution in [0.4, 0.5) is 16.3 Å². The number of carbonyl (C=O) groups excluding carboxylic acids is 1. The van der Waals surface area contributed by atoms with Gasteiger partial charge in [0, 0.05) is 30.5 Å². The number of carbonyl (C=O) groups is 2. The predicted octanol–water partition coefficient (Wildman–Crippen LogP) is 4.77. The smallest absolute Gasteiger partial charge is 0.407 e. The third-order valence-electron chi connectivity index (χ3n) is 5.01. The van der Waals surface area contributed by atoms with E-state index in [-0.39, 0.29) is 29.2 Å². The maximum absolute atomic E-state index is 11.7. The Labute approximate surface area is 220 Å². The van der Waals surface area contributed by atoms with Gasteiger partial charge in [-0.15, -0.1) is 0 Å². The van der Waals surface area contributed by atoms with E-state index in [9.17, 15) is 20.0 Å². The second-order valence-corrected chi connectivity index (χ2v) is 10.5. The standard InChI is InChI=1S/C26H29N7O3S/c1-16(34)29-18-10-8-17(9-11-18)22-21(12-27)23(28)32-24(31-22)37-14-20-7-5-6-19(30-20)13-33(25(35)36)15-26(2,3)4/h5-11H,13-15H2,1-4H3,(H,29,34)(H,35,36)(H2,28,31,32). The summed E-state index contributed by atoms with van der Waals surface area (Å²) in [5, 5.41) is 22.3. The fourth-order valence-electron chi connectivity index (χ4n) is 3.55. The van der Waals surface area contributed by atoms with Crippen molar-refractivity contribution in [2.75, 3.05) is 17.6 Å².